The number of hydrogen-bond donors (Lipinski definition) is 0. The van der Waals surface area contributed by atoms with E-state index in [2.05, 4.69) is 38.4 Å². The Morgan fingerprint density at radius 3 is 2.64 bits per heavy atom. The second kappa shape index (κ2) is 5.86. The maximum Gasteiger partial charge on any atom is 0.0524 e. The summed E-state index contributed by atoms with van der Waals surface area (Å²) in [5.74, 6) is 7.00. The lowest BCUT2D eigenvalue weighted by Crippen LogP contribution is -2.48. The summed E-state index contributed by atoms with van der Waals surface area (Å²) >= 11 is 0. The summed E-state index contributed by atoms with van der Waals surface area (Å²) in [6, 6.07) is 0. The van der Waals surface area contributed by atoms with E-state index in [1.165, 1.54) is 44.1 Å². The number of aryl methyl sites for hydroxylation is 1. The molecule has 8 atom stereocenters. The van der Waals surface area contributed by atoms with E-state index in [1.54, 1.807) is 19.3 Å². The van der Waals surface area contributed by atoms with Gasteiger partial charge in [0.25, 0.3) is 0 Å². The Balaban J connectivity index is 1.40. The van der Waals surface area contributed by atoms with Crippen molar-refractivity contribution in [2.24, 2.45) is 48.0 Å². The monoisotopic (exact) mass is 340 g/mol. The maximum atomic E-state index is 4.49. The standard InChI is InChI=1S/C23H36N2/c1-15-4-6-18-16(12-15)5-7-20-19(18)10-11-23(2)21(8-9-22(20)23)17-13-24-25(3)14-17/h13-16,18-22H,4-12H2,1-3H3. The van der Waals surface area contributed by atoms with Crippen molar-refractivity contribution in [1.29, 1.82) is 0 Å². The molecule has 0 amide bonds. The fourth-order valence-corrected chi connectivity index (χ4v) is 8.26. The molecule has 0 aromatic carbocycles. The highest BCUT2D eigenvalue weighted by atomic mass is 15.2. The van der Waals surface area contributed by atoms with E-state index < -0.39 is 0 Å². The molecular weight excluding hydrogens is 304 g/mol. The first kappa shape index (κ1) is 16.4. The topological polar surface area (TPSA) is 17.8 Å². The number of nitrogens with zero attached hydrogens (tertiary/aromatic N) is 2. The Labute approximate surface area is 153 Å². The van der Waals surface area contributed by atoms with Crippen LogP contribution < -0.4 is 0 Å². The van der Waals surface area contributed by atoms with Crippen LogP contribution in [0.5, 0.6) is 0 Å². The quantitative estimate of drug-likeness (QED) is 0.632. The third-order valence-electron chi connectivity index (χ3n) is 9.34. The molecule has 0 radical (unpaired) electrons. The van der Waals surface area contributed by atoms with Crippen LogP contribution in [0.2, 0.25) is 0 Å². The van der Waals surface area contributed by atoms with Crippen LogP contribution in [0, 0.1) is 40.9 Å². The van der Waals surface area contributed by atoms with Crippen molar-refractivity contribution in [1.82, 2.24) is 9.78 Å². The first-order chi connectivity index (χ1) is 12.1. The predicted molar refractivity (Wildman–Crippen MR) is 102 cm³/mol. The first-order valence-electron chi connectivity index (χ1n) is 11.0. The molecule has 4 aliphatic carbocycles. The van der Waals surface area contributed by atoms with Gasteiger partial charge in [0.1, 0.15) is 0 Å². The summed E-state index contributed by atoms with van der Waals surface area (Å²) < 4.78 is 2.01. The molecule has 0 aliphatic heterocycles. The van der Waals surface area contributed by atoms with E-state index in [1.807, 2.05) is 4.68 Å². The van der Waals surface area contributed by atoms with Crippen LogP contribution in [0.15, 0.2) is 12.4 Å². The molecule has 5 rings (SSSR count). The summed E-state index contributed by atoms with van der Waals surface area (Å²) in [7, 11) is 2.07. The van der Waals surface area contributed by atoms with Crippen molar-refractivity contribution in [3.05, 3.63) is 18.0 Å². The second-order valence-electron chi connectivity index (χ2n) is 10.5. The van der Waals surface area contributed by atoms with E-state index in [4.69, 9.17) is 0 Å². The minimum absolute atomic E-state index is 0.541. The van der Waals surface area contributed by atoms with Crippen LogP contribution in [0.4, 0.5) is 0 Å². The van der Waals surface area contributed by atoms with Crippen molar-refractivity contribution in [2.45, 2.75) is 77.6 Å². The Morgan fingerprint density at radius 2 is 1.84 bits per heavy atom. The molecule has 4 fully saturated rings. The second-order valence-corrected chi connectivity index (χ2v) is 10.5. The van der Waals surface area contributed by atoms with Gasteiger partial charge in [-0.05, 0) is 104 Å². The van der Waals surface area contributed by atoms with Gasteiger partial charge in [-0.25, -0.2) is 0 Å². The Hall–Kier alpha value is -0.790. The highest BCUT2D eigenvalue weighted by molar-refractivity contribution is 5.21. The summed E-state index contributed by atoms with van der Waals surface area (Å²) in [6.07, 6.45) is 18.0. The Bertz CT molecular complexity index is 634. The molecule has 2 heteroatoms. The average Bonchev–Trinajstić information content (AvgIpc) is 3.16. The molecule has 0 bridgehead atoms. The first-order valence-corrected chi connectivity index (χ1v) is 11.0. The maximum absolute atomic E-state index is 4.49. The molecule has 2 nitrogen and oxygen atoms in total. The number of rotatable bonds is 1. The molecule has 4 aliphatic rings. The lowest BCUT2D eigenvalue weighted by atomic mass is 9.49. The smallest absolute Gasteiger partial charge is 0.0524 e. The minimum atomic E-state index is 0.541. The third-order valence-corrected chi connectivity index (χ3v) is 9.34. The van der Waals surface area contributed by atoms with Gasteiger partial charge in [-0.1, -0.05) is 20.3 Å². The van der Waals surface area contributed by atoms with Crippen LogP contribution in [0.25, 0.3) is 0 Å². The van der Waals surface area contributed by atoms with Crippen molar-refractivity contribution in [3.8, 4) is 0 Å². The van der Waals surface area contributed by atoms with E-state index in [0.717, 1.165) is 41.4 Å². The Morgan fingerprint density at radius 1 is 1.00 bits per heavy atom. The lowest BCUT2D eigenvalue weighted by molar-refractivity contribution is -0.0595. The van der Waals surface area contributed by atoms with Gasteiger partial charge in [0, 0.05) is 13.2 Å². The van der Waals surface area contributed by atoms with Crippen LogP contribution in [0.1, 0.15) is 83.1 Å². The fraction of sp³-hybridized carbons (Fsp3) is 0.870. The van der Waals surface area contributed by atoms with Gasteiger partial charge in [-0.3, -0.25) is 4.68 Å². The van der Waals surface area contributed by atoms with E-state index in [0.29, 0.717) is 5.41 Å². The zero-order valence-corrected chi connectivity index (χ0v) is 16.5. The van der Waals surface area contributed by atoms with Gasteiger partial charge < -0.3 is 0 Å². The van der Waals surface area contributed by atoms with Gasteiger partial charge in [0.15, 0.2) is 0 Å². The molecule has 25 heavy (non-hydrogen) atoms. The van der Waals surface area contributed by atoms with Crippen molar-refractivity contribution in [3.63, 3.8) is 0 Å². The normalized spacial score (nSPS) is 49.3. The van der Waals surface area contributed by atoms with Gasteiger partial charge in [0.05, 0.1) is 6.20 Å². The number of aromatic nitrogens is 2. The van der Waals surface area contributed by atoms with Gasteiger partial charge in [-0.15, -0.1) is 0 Å². The lowest BCUT2D eigenvalue weighted by Gasteiger charge is -2.56. The highest BCUT2D eigenvalue weighted by Crippen LogP contribution is 2.66. The molecule has 4 saturated carbocycles. The molecule has 1 heterocycles. The van der Waals surface area contributed by atoms with Gasteiger partial charge in [-0.2, -0.15) is 5.10 Å². The van der Waals surface area contributed by atoms with Crippen molar-refractivity contribution >= 4 is 0 Å². The SMILES string of the molecule is CC1CCC2C(CCC3C2CCC2(C)C(c4cnn(C)c4)CCC32)C1. The van der Waals surface area contributed by atoms with Crippen molar-refractivity contribution in [2.75, 3.05) is 0 Å². The number of hydrogen-bond acceptors (Lipinski definition) is 1. The molecule has 1 aromatic rings. The largest absolute Gasteiger partial charge is 0.276 e. The summed E-state index contributed by atoms with van der Waals surface area (Å²) in [5, 5.41) is 4.49. The minimum Gasteiger partial charge on any atom is -0.276 e. The van der Waals surface area contributed by atoms with Crippen LogP contribution in [-0.2, 0) is 7.05 Å². The van der Waals surface area contributed by atoms with Crippen LogP contribution in [0.3, 0.4) is 0 Å². The summed E-state index contributed by atoms with van der Waals surface area (Å²) in [4.78, 5) is 0. The van der Waals surface area contributed by atoms with Crippen molar-refractivity contribution < 1.29 is 0 Å². The number of fused-ring (bicyclic) bond motifs is 5. The fourth-order valence-electron chi connectivity index (χ4n) is 8.26. The summed E-state index contributed by atoms with van der Waals surface area (Å²) in [6.45, 7) is 5.14. The molecule has 8 unspecified atom stereocenters. The van der Waals surface area contributed by atoms with E-state index in [9.17, 15) is 0 Å². The van der Waals surface area contributed by atoms with Gasteiger partial charge >= 0.3 is 0 Å². The average molecular weight is 341 g/mol. The molecule has 138 valence electrons. The Kier molecular flexibility index (Phi) is 3.84. The molecular formula is C23H36N2. The third kappa shape index (κ3) is 2.46. The van der Waals surface area contributed by atoms with Crippen LogP contribution in [-0.4, -0.2) is 9.78 Å². The molecule has 0 spiro atoms. The van der Waals surface area contributed by atoms with E-state index >= 15 is 0 Å². The molecule has 0 N–H and O–H groups in total. The zero-order valence-electron chi connectivity index (χ0n) is 16.5. The zero-order chi connectivity index (χ0) is 17.2. The summed E-state index contributed by atoms with van der Waals surface area (Å²) in [5.41, 5.74) is 2.06. The highest BCUT2D eigenvalue weighted by Gasteiger charge is 2.57. The van der Waals surface area contributed by atoms with Crippen LogP contribution >= 0.6 is 0 Å². The predicted octanol–water partition coefficient (Wildman–Crippen LogP) is 5.79. The molecule has 1 aromatic heterocycles. The van der Waals surface area contributed by atoms with E-state index in [-0.39, 0.29) is 0 Å². The molecule has 0 saturated heterocycles. The van der Waals surface area contributed by atoms with Gasteiger partial charge in [0.2, 0.25) is 0 Å².